The predicted octanol–water partition coefficient (Wildman–Crippen LogP) is 4.18. The standard InChI is InChI=1S/C26H38Cl2N6O/c1-3-24(31-16-19-7-8-22(27)23(28)14-19)33-26(35)25(18(2)15-29)32-20-9-12-34(13-10-20)17-21-6-4-5-11-30-21/h3,7-8,14-15,20-21,29-32H,4-6,9-13,16-17H2,1-2H3,(H,33,35)/b24-3?,25-18-,29-15?. The van der Waals surface area contributed by atoms with Crippen LogP contribution in [0, 0.1) is 5.41 Å². The lowest BCUT2D eigenvalue weighted by Crippen LogP contribution is -2.49. The van der Waals surface area contributed by atoms with Gasteiger partial charge in [-0.1, -0.05) is 35.7 Å². The van der Waals surface area contributed by atoms with Crippen LogP contribution in [-0.2, 0) is 11.3 Å². The van der Waals surface area contributed by atoms with Crippen LogP contribution in [0.4, 0.5) is 0 Å². The Morgan fingerprint density at radius 1 is 1.20 bits per heavy atom. The molecule has 2 aliphatic heterocycles. The molecule has 2 heterocycles. The molecule has 5 N–H and O–H groups in total. The molecule has 7 nitrogen and oxygen atoms in total. The zero-order valence-electron chi connectivity index (χ0n) is 20.7. The van der Waals surface area contributed by atoms with Crippen LogP contribution < -0.4 is 21.3 Å². The largest absolute Gasteiger partial charge is 0.377 e. The first-order valence-corrected chi connectivity index (χ1v) is 13.2. The molecule has 2 fully saturated rings. The van der Waals surface area contributed by atoms with Crippen LogP contribution in [0.1, 0.15) is 51.5 Å². The molecule has 1 aromatic rings. The van der Waals surface area contributed by atoms with E-state index in [2.05, 4.69) is 26.2 Å². The molecule has 1 unspecified atom stereocenters. The molecule has 1 aromatic carbocycles. The summed E-state index contributed by atoms with van der Waals surface area (Å²) in [6, 6.07) is 6.25. The summed E-state index contributed by atoms with van der Waals surface area (Å²) < 4.78 is 0. The number of rotatable bonds is 10. The summed E-state index contributed by atoms with van der Waals surface area (Å²) in [5.41, 5.74) is 2.01. The lowest BCUT2D eigenvalue weighted by molar-refractivity contribution is -0.117. The van der Waals surface area contributed by atoms with Crippen molar-refractivity contribution in [2.45, 2.75) is 64.6 Å². The molecule has 3 rings (SSSR count). The van der Waals surface area contributed by atoms with E-state index in [1.54, 1.807) is 19.1 Å². The number of carbonyl (C=O) groups excluding carboxylic acids is 1. The van der Waals surface area contributed by atoms with Gasteiger partial charge in [-0.15, -0.1) is 0 Å². The molecular weight excluding hydrogens is 483 g/mol. The maximum atomic E-state index is 13.2. The van der Waals surface area contributed by atoms with Crippen LogP contribution in [-0.4, -0.2) is 55.3 Å². The van der Waals surface area contributed by atoms with Crippen molar-refractivity contribution in [2.24, 2.45) is 0 Å². The third kappa shape index (κ3) is 8.53. The van der Waals surface area contributed by atoms with Gasteiger partial charge in [0.25, 0.3) is 5.91 Å². The van der Waals surface area contributed by atoms with E-state index in [0.717, 1.165) is 44.6 Å². The van der Waals surface area contributed by atoms with Crippen LogP contribution in [0.5, 0.6) is 0 Å². The van der Waals surface area contributed by atoms with Crippen LogP contribution in [0.3, 0.4) is 0 Å². The van der Waals surface area contributed by atoms with E-state index in [0.29, 0.717) is 39.7 Å². The van der Waals surface area contributed by atoms with Crippen molar-refractivity contribution >= 4 is 35.3 Å². The first-order chi connectivity index (χ1) is 16.9. The molecule has 35 heavy (non-hydrogen) atoms. The molecule has 0 radical (unpaired) electrons. The highest BCUT2D eigenvalue weighted by Gasteiger charge is 2.25. The van der Waals surface area contributed by atoms with Gasteiger partial charge in [0, 0.05) is 44.5 Å². The number of hydrogen-bond donors (Lipinski definition) is 5. The molecule has 192 valence electrons. The predicted molar refractivity (Wildman–Crippen MR) is 145 cm³/mol. The Labute approximate surface area is 219 Å². The highest BCUT2D eigenvalue weighted by atomic mass is 35.5. The maximum absolute atomic E-state index is 13.2. The van der Waals surface area contributed by atoms with Crippen LogP contribution in [0.2, 0.25) is 10.0 Å². The highest BCUT2D eigenvalue weighted by molar-refractivity contribution is 6.42. The van der Waals surface area contributed by atoms with Gasteiger partial charge in [-0.2, -0.15) is 0 Å². The van der Waals surface area contributed by atoms with Crippen molar-refractivity contribution in [3.63, 3.8) is 0 Å². The monoisotopic (exact) mass is 520 g/mol. The van der Waals surface area contributed by atoms with E-state index in [9.17, 15) is 4.79 Å². The fourth-order valence-electron chi connectivity index (χ4n) is 4.54. The van der Waals surface area contributed by atoms with Crippen LogP contribution in [0.15, 0.2) is 41.4 Å². The van der Waals surface area contributed by atoms with Gasteiger partial charge >= 0.3 is 0 Å². The topological polar surface area (TPSA) is 92.3 Å². The van der Waals surface area contributed by atoms with Gasteiger partial charge in [0.2, 0.25) is 0 Å². The van der Waals surface area contributed by atoms with E-state index >= 15 is 0 Å². The van der Waals surface area contributed by atoms with E-state index < -0.39 is 0 Å². The van der Waals surface area contributed by atoms with Crippen molar-refractivity contribution in [2.75, 3.05) is 26.2 Å². The Hall–Kier alpha value is -2.06. The lowest BCUT2D eigenvalue weighted by atomic mass is 10.0. The van der Waals surface area contributed by atoms with Crippen LogP contribution in [0.25, 0.3) is 0 Å². The summed E-state index contributed by atoms with van der Waals surface area (Å²) in [5, 5.41) is 22.0. The first-order valence-electron chi connectivity index (χ1n) is 12.5. The van der Waals surface area contributed by atoms with Gasteiger partial charge in [0.05, 0.1) is 10.0 Å². The second kappa shape index (κ2) is 13.9. The average Bonchev–Trinajstić information content (AvgIpc) is 2.88. The SMILES string of the molecule is CC=C(NCc1ccc(Cl)c(Cl)c1)NC(=O)/C(NC1CCN(CC2CCCCN2)CC1)=C(\C)C=N. The number of hydrogen-bond acceptors (Lipinski definition) is 6. The summed E-state index contributed by atoms with van der Waals surface area (Å²) in [6.45, 7) is 8.39. The summed E-state index contributed by atoms with van der Waals surface area (Å²) in [4.78, 5) is 15.7. The van der Waals surface area contributed by atoms with Gasteiger partial charge in [-0.25, -0.2) is 0 Å². The minimum absolute atomic E-state index is 0.208. The molecule has 0 spiro atoms. The number of halogens is 2. The number of carbonyl (C=O) groups is 1. The van der Waals surface area contributed by atoms with Crippen molar-refractivity contribution in [3.8, 4) is 0 Å². The Kier molecular flexibility index (Phi) is 10.9. The van der Waals surface area contributed by atoms with Gasteiger partial charge in [-0.3, -0.25) is 4.79 Å². The Balaban J connectivity index is 1.52. The summed E-state index contributed by atoms with van der Waals surface area (Å²) in [7, 11) is 0. The third-order valence-electron chi connectivity index (χ3n) is 6.67. The fraction of sp³-hybridized carbons (Fsp3) is 0.538. The molecule has 1 amide bonds. The second-order valence-electron chi connectivity index (χ2n) is 9.33. The average molecular weight is 522 g/mol. The molecule has 0 aromatic heterocycles. The number of likely N-dealkylation sites (tertiary alicyclic amines) is 1. The van der Waals surface area contributed by atoms with E-state index in [1.807, 2.05) is 19.1 Å². The number of piperidine rings is 2. The number of allylic oxidation sites excluding steroid dienone is 2. The maximum Gasteiger partial charge on any atom is 0.273 e. The van der Waals surface area contributed by atoms with Crippen molar-refractivity contribution in [1.82, 2.24) is 26.2 Å². The number of nitrogens with zero attached hydrogens (tertiary/aromatic N) is 1. The van der Waals surface area contributed by atoms with Gasteiger partial charge in [0.15, 0.2) is 0 Å². The van der Waals surface area contributed by atoms with E-state index in [4.69, 9.17) is 28.6 Å². The molecule has 2 aliphatic rings. The van der Waals surface area contributed by atoms with E-state index in [1.165, 1.54) is 25.5 Å². The second-order valence-corrected chi connectivity index (χ2v) is 10.1. The van der Waals surface area contributed by atoms with Crippen molar-refractivity contribution in [3.05, 3.63) is 57.0 Å². The Morgan fingerprint density at radius 3 is 2.60 bits per heavy atom. The zero-order chi connectivity index (χ0) is 25.2. The lowest BCUT2D eigenvalue weighted by Gasteiger charge is -2.36. The van der Waals surface area contributed by atoms with Crippen molar-refractivity contribution in [1.29, 1.82) is 5.41 Å². The first kappa shape index (κ1) is 27.5. The highest BCUT2D eigenvalue weighted by Crippen LogP contribution is 2.22. The number of nitrogens with one attached hydrogen (secondary N) is 5. The number of amides is 1. The van der Waals surface area contributed by atoms with Gasteiger partial charge < -0.3 is 31.6 Å². The minimum Gasteiger partial charge on any atom is -0.377 e. The smallest absolute Gasteiger partial charge is 0.273 e. The van der Waals surface area contributed by atoms with Gasteiger partial charge in [0.1, 0.15) is 11.5 Å². The minimum atomic E-state index is -0.255. The molecule has 0 saturated carbocycles. The fourth-order valence-corrected chi connectivity index (χ4v) is 4.86. The molecular formula is C26H38Cl2N6O. The Bertz CT molecular complexity index is 934. The molecule has 2 saturated heterocycles. The summed E-state index contributed by atoms with van der Waals surface area (Å²) >= 11 is 12.1. The zero-order valence-corrected chi connectivity index (χ0v) is 22.2. The third-order valence-corrected chi connectivity index (χ3v) is 7.41. The summed E-state index contributed by atoms with van der Waals surface area (Å²) in [6.07, 6.45) is 8.84. The normalized spacial score (nSPS) is 20.7. The van der Waals surface area contributed by atoms with Crippen molar-refractivity contribution < 1.29 is 4.79 Å². The molecule has 0 aliphatic carbocycles. The number of benzene rings is 1. The molecule has 1 atom stereocenters. The Morgan fingerprint density at radius 2 is 1.97 bits per heavy atom. The van der Waals surface area contributed by atoms with E-state index in [-0.39, 0.29) is 11.9 Å². The molecule has 0 bridgehead atoms. The quantitative estimate of drug-likeness (QED) is 0.235. The van der Waals surface area contributed by atoms with Gasteiger partial charge in [-0.05, 0) is 75.4 Å². The molecule has 9 heteroatoms. The van der Waals surface area contributed by atoms with Crippen LogP contribution >= 0.6 is 23.2 Å². The summed E-state index contributed by atoms with van der Waals surface area (Å²) in [5.74, 6) is 0.336.